The molecule has 0 aliphatic rings. The molecule has 3 aromatic carbocycles. The van der Waals surface area contributed by atoms with Crippen molar-refractivity contribution in [3.63, 3.8) is 0 Å². The van der Waals surface area contributed by atoms with E-state index in [1.54, 1.807) is 67.7 Å². The van der Waals surface area contributed by atoms with Gasteiger partial charge in [-0.25, -0.2) is 8.78 Å². The van der Waals surface area contributed by atoms with Crippen molar-refractivity contribution in [2.45, 2.75) is 19.4 Å². The molecule has 0 radical (unpaired) electrons. The molecule has 1 heterocycles. The molecular weight excluding hydrogens is 528 g/mol. The van der Waals surface area contributed by atoms with Crippen LogP contribution in [0, 0.1) is 17.0 Å². The summed E-state index contributed by atoms with van der Waals surface area (Å²) in [6.07, 6.45) is 1.58. The van der Waals surface area contributed by atoms with Crippen LogP contribution in [0.4, 0.5) is 14.5 Å². The van der Waals surface area contributed by atoms with Crippen LogP contribution in [0.3, 0.4) is 0 Å². The number of carbonyl (C=O) groups is 2. The predicted octanol–water partition coefficient (Wildman–Crippen LogP) is 5.03. The minimum atomic E-state index is -0.798. The van der Waals surface area contributed by atoms with E-state index in [4.69, 9.17) is 15.9 Å². The Morgan fingerprint density at radius 1 is 1.02 bits per heavy atom. The number of amides is 2. The van der Waals surface area contributed by atoms with Gasteiger partial charge in [0.2, 0.25) is 11.8 Å². The topological polar surface area (TPSA) is 130 Å². The number of rotatable bonds is 11. The number of hydrogen-bond donors (Lipinski definition) is 4. The molecule has 0 aliphatic carbocycles. The lowest BCUT2D eigenvalue weighted by atomic mass is 9.94. The fourth-order valence-electron chi connectivity index (χ4n) is 4.50. The number of primary amides is 1. The van der Waals surface area contributed by atoms with Crippen LogP contribution in [-0.2, 0) is 11.2 Å². The zero-order valence-corrected chi connectivity index (χ0v) is 22.5. The Kier molecular flexibility index (Phi) is 9.03. The second-order valence-electron chi connectivity index (χ2n) is 9.37. The van der Waals surface area contributed by atoms with Crippen molar-refractivity contribution in [2.24, 2.45) is 5.73 Å². The number of nitrogens with zero attached hydrogens (tertiary/aromatic N) is 1. The van der Waals surface area contributed by atoms with Crippen molar-refractivity contribution >= 4 is 23.2 Å². The third-order valence-electron chi connectivity index (χ3n) is 6.39. The Morgan fingerprint density at radius 2 is 1.78 bits per heavy atom. The summed E-state index contributed by atoms with van der Waals surface area (Å²) < 4.78 is 33.4. The van der Waals surface area contributed by atoms with Crippen LogP contribution in [0.5, 0.6) is 5.75 Å². The van der Waals surface area contributed by atoms with E-state index in [1.807, 2.05) is 0 Å². The summed E-state index contributed by atoms with van der Waals surface area (Å²) in [6.45, 7) is 1.47. The first-order valence-corrected chi connectivity index (χ1v) is 12.7. The van der Waals surface area contributed by atoms with Gasteiger partial charge in [0, 0.05) is 46.4 Å². The van der Waals surface area contributed by atoms with Gasteiger partial charge in [0.05, 0.1) is 25.4 Å². The van der Waals surface area contributed by atoms with Crippen molar-refractivity contribution in [1.82, 2.24) is 10.3 Å². The average Bonchev–Trinajstić information content (AvgIpc) is 2.95. The van der Waals surface area contributed by atoms with E-state index < -0.39 is 29.5 Å². The first-order chi connectivity index (χ1) is 19.6. The van der Waals surface area contributed by atoms with Crippen LogP contribution in [0.2, 0.25) is 0 Å². The number of pyridine rings is 1. The van der Waals surface area contributed by atoms with Gasteiger partial charge in [0.25, 0.3) is 0 Å². The van der Waals surface area contributed by atoms with Gasteiger partial charge in [-0.1, -0.05) is 18.2 Å². The fraction of sp³-hybridized carbons (Fsp3) is 0.161. The van der Waals surface area contributed by atoms with E-state index in [9.17, 15) is 18.4 Å². The van der Waals surface area contributed by atoms with E-state index in [0.29, 0.717) is 50.7 Å². The van der Waals surface area contributed by atoms with E-state index in [0.717, 1.165) is 6.07 Å². The molecule has 0 unspecified atom stereocenters. The molecule has 2 amide bonds. The monoisotopic (exact) mass is 557 g/mol. The molecule has 10 heteroatoms. The average molecular weight is 558 g/mol. The second kappa shape index (κ2) is 12.8. The molecule has 1 atom stereocenters. The third kappa shape index (κ3) is 7.30. The number of nitrogens with one attached hydrogen (secondary N) is 3. The summed E-state index contributed by atoms with van der Waals surface area (Å²) in [5.41, 5.74) is 9.21. The minimum absolute atomic E-state index is 0.0317. The molecule has 0 aliphatic heterocycles. The number of benzene rings is 3. The summed E-state index contributed by atoms with van der Waals surface area (Å²) in [7, 11) is 1.52. The summed E-state index contributed by atoms with van der Waals surface area (Å²) in [6, 6.07) is 17.7. The quantitative estimate of drug-likeness (QED) is 0.192. The molecule has 1 aromatic heterocycles. The van der Waals surface area contributed by atoms with E-state index in [2.05, 4.69) is 15.6 Å². The number of hydrogen-bond acceptors (Lipinski definition) is 6. The molecule has 5 N–H and O–H groups in total. The van der Waals surface area contributed by atoms with Crippen molar-refractivity contribution < 1.29 is 23.1 Å². The van der Waals surface area contributed by atoms with Crippen LogP contribution in [0.25, 0.3) is 11.1 Å². The van der Waals surface area contributed by atoms with Gasteiger partial charge in [-0.3, -0.25) is 14.6 Å². The molecular formula is C31H29F2N5O3. The standard InChI is InChI=1S/C31H29F2N5O3/c1-18(34)25-9-8-24(41-2)16-27(25)37-17-29(39)38-28(13-19-11-22(32)15-23(33)12-19)30-26(7-4-10-36-30)20-5-3-6-21(14-20)31(35)40/h3-12,14-16,28,34,37H,13,17H2,1-2H3,(H2,35,40)(H,38,39)/t28-/m0/s1. The molecule has 0 saturated carbocycles. The van der Waals surface area contributed by atoms with E-state index >= 15 is 0 Å². The summed E-state index contributed by atoms with van der Waals surface area (Å²) in [5.74, 6) is -1.95. The first kappa shape index (κ1) is 28.9. The predicted molar refractivity (Wildman–Crippen MR) is 153 cm³/mol. The van der Waals surface area contributed by atoms with Gasteiger partial charge in [-0.05, 0) is 66.9 Å². The van der Waals surface area contributed by atoms with Crippen LogP contribution in [-0.4, -0.2) is 36.2 Å². The number of nitrogens with two attached hydrogens (primary N) is 1. The van der Waals surface area contributed by atoms with Gasteiger partial charge >= 0.3 is 0 Å². The van der Waals surface area contributed by atoms with Gasteiger partial charge < -0.3 is 26.5 Å². The minimum Gasteiger partial charge on any atom is -0.497 e. The summed E-state index contributed by atoms with van der Waals surface area (Å²) in [4.78, 5) is 29.6. The normalized spacial score (nSPS) is 11.4. The van der Waals surface area contributed by atoms with Gasteiger partial charge in [0.1, 0.15) is 17.4 Å². The largest absolute Gasteiger partial charge is 0.497 e. The highest BCUT2D eigenvalue weighted by Gasteiger charge is 2.22. The molecule has 8 nitrogen and oxygen atoms in total. The lowest BCUT2D eigenvalue weighted by molar-refractivity contribution is -0.120. The number of halogens is 2. The number of methoxy groups -OCH3 is 1. The molecule has 4 aromatic rings. The van der Waals surface area contributed by atoms with Crippen molar-refractivity contribution in [2.75, 3.05) is 19.0 Å². The fourth-order valence-corrected chi connectivity index (χ4v) is 4.50. The molecule has 4 rings (SSSR count). The maximum atomic E-state index is 14.1. The lowest BCUT2D eigenvalue weighted by Gasteiger charge is -2.22. The highest BCUT2D eigenvalue weighted by molar-refractivity contribution is 6.02. The van der Waals surface area contributed by atoms with Crippen LogP contribution < -0.4 is 21.1 Å². The smallest absolute Gasteiger partial charge is 0.248 e. The van der Waals surface area contributed by atoms with Gasteiger partial charge in [-0.15, -0.1) is 0 Å². The molecule has 0 fully saturated rings. The maximum absolute atomic E-state index is 14.1. The maximum Gasteiger partial charge on any atom is 0.248 e. The zero-order valence-electron chi connectivity index (χ0n) is 22.5. The summed E-state index contributed by atoms with van der Waals surface area (Å²) in [5, 5.41) is 14.0. The Bertz CT molecular complexity index is 1590. The lowest BCUT2D eigenvalue weighted by Crippen LogP contribution is -2.35. The molecule has 210 valence electrons. The Labute approximate surface area is 236 Å². The molecule has 41 heavy (non-hydrogen) atoms. The number of anilines is 1. The Morgan fingerprint density at radius 3 is 2.46 bits per heavy atom. The SMILES string of the molecule is COc1ccc(C(C)=N)c(NCC(=O)N[C@@H](Cc2cc(F)cc(F)c2)c2ncccc2-c2cccc(C(N)=O)c2)c1. The first-order valence-electron chi connectivity index (χ1n) is 12.7. The van der Waals surface area contributed by atoms with Crippen LogP contribution in [0.1, 0.15) is 40.1 Å². The Balaban J connectivity index is 1.67. The van der Waals surface area contributed by atoms with Crippen molar-refractivity contribution in [1.29, 1.82) is 5.41 Å². The number of aromatic nitrogens is 1. The summed E-state index contributed by atoms with van der Waals surface area (Å²) >= 11 is 0. The highest BCUT2D eigenvalue weighted by atomic mass is 19.1. The van der Waals surface area contributed by atoms with Gasteiger partial charge in [-0.2, -0.15) is 0 Å². The Hall–Kier alpha value is -5.12. The number of ether oxygens (including phenoxy) is 1. The molecule has 0 saturated heterocycles. The van der Waals surface area contributed by atoms with Crippen molar-refractivity contribution in [3.8, 4) is 16.9 Å². The highest BCUT2D eigenvalue weighted by Crippen LogP contribution is 2.30. The van der Waals surface area contributed by atoms with Crippen LogP contribution >= 0.6 is 0 Å². The van der Waals surface area contributed by atoms with Crippen LogP contribution in [0.15, 0.2) is 79.0 Å². The van der Waals surface area contributed by atoms with E-state index in [1.165, 1.54) is 19.2 Å². The van der Waals surface area contributed by atoms with Crippen molar-refractivity contribution in [3.05, 3.63) is 113 Å². The van der Waals surface area contributed by atoms with Gasteiger partial charge in [0.15, 0.2) is 0 Å². The molecule has 0 bridgehead atoms. The third-order valence-corrected chi connectivity index (χ3v) is 6.39. The number of carbonyl (C=O) groups excluding carboxylic acids is 2. The molecule has 0 spiro atoms. The van der Waals surface area contributed by atoms with E-state index in [-0.39, 0.29) is 13.0 Å². The zero-order chi connectivity index (χ0) is 29.5. The second-order valence-corrected chi connectivity index (χ2v) is 9.37.